The Bertz CT molecular complexity index is 2200. The van der Waals surface area contributed by atoms with Gasteiger partial charge in [0.05, 0.1) is 27.9 Å². The molecule has 7 rings (SSSR count). The average molecular weight is 679 g/mol. The summed E-state index contributed by atoms with van der Waals surface area (Å²) in [5.41, 5.74) is 4.87. The first-order valence-electron chi connectivity index (χ1n) is 17.1. The molecule has 0 spiro atoms. The molecule has 2 aliphatic rings. The van der Waals surface area contributed by atoms with Crippen molar-refractivity contribution in [3.8, 4) is 23.0 Å². The van der Waals surface area contributed by atoms with Crippen molar-refractivity contribution in [1.82, 2.24) is 5.32 Å². The van der Waals surface area contributed by atoms with Gasteiger partial charge in [0.1, 0.15) is 23.0 Å². The number of hydrogen-bond donors (Lipinski definition) is 1. The lowest BCUT2D eigenvalue weighted by Crippen LogP contribution is -2.29. The lowest BCUT2D eigenvalue weighted by molar-refractivity contribution is 0.0874. The first-order valence-corrected chi connectivity index (χ1v) is 17.1. The van der Waals surface area contributed by atoms with Crippen molar-refractivity contribution in [2.45, 2.75) is 58.3 Å². The predicted octanol–water partition coefficient (Wildman–Crippen LogP) is 9.36. The van der Waals surface area contributed by atoms with E-state index in [1.807, 2.05) is 72.8 Å². The fourth-order valence-electron chi connectivity index (χ4n) is 6.72. The minimum atomic E-state index is -0.427. The molecule has 8 nitrogen and oxygen atoms in total. The van der Waals surface area contributed by atoms with E-state index < -0.39 is 11.8 Å². The Balaban J connectivity index is 1.02. The monoisotopic (exact) mass is 678 g/mol. The van der Waals surface area contributed by atoms with Crippen LogP contribution in [0.25, 0.3) is 0 Å². The molecule has 0 saturated heterocycles. The summed E-state index contributed by atoms with van der Waals surface area (Å²) in [6.45, 7) is 10.8. The highest BCUT2D eigenvalue weighted by Gasteiger charge is 2.37. The predicted molar refractivity (Wildman–Crippen MR) is 195 cm³/mol. The maximum atomic E-state index is 13.5. The van der Waals surface area contributed by atoms with Gasteiger partial charge in [0.15, 0.2) is 0 Å². The van der Waals surface area contributed by atoms with Gasteiger partial charge in [-0.1, -0.05) is 71.0 Å². The van der Waals surface area contributed by atoms with Crippen LogP contribution in [-0.2, 0) is 10.8 Å². The maximum absolute atomic E-state index is 13.5. The molecule has 51 heavy (non-hydrogen) atoms. The van der Waals surface area contributed by atoms with Crippen LogP contribution in [0.1, 0.15) is 106 Å². The largest absolute Gasteiger partial charge is 0.457 e. The number of amides is 4. The molecule has 256 valence electrons. The number of anilines is 1. The lowest BCUT2D eigenvalue weighted by atomic mass is 9.78. The van der Waals surface area contributed by atoms with Crippen molar-refractivity contribution in [3.05, 3.63) is 148 Å². The summed E-state index contributed by atoms with van der Waals surface area (Å²) < 4.78 is 12.1. The zero-order chi connectivity index (χ0) is 36.1. The smallest absolute Gasteiger partial charge is 0.266 e. The van der Waals surface area contributed by atoms with Crippen LogP contribution >= 0.6 is 0 Å². The van der Waals surface area contributed by atoms with Crippen LogP contribution in [0.5, 0.6) is 23.0 Å². The van der Waals surface area contributed by atoms with E-state index in [1.54, 1.807) is 36.4 Å². The van der Waals surface area contributed by atoms with Gasteiger partial charge in [0, 0.05) is 5.41 Å². The van der Waals surface area contributed by atoms with Gasteiger partial charge in [-0.05, 0) is 108 Å². The molecule has 0 fully saturated rings. The molecule has 5 aromatic carbocycles. The van der Waals surface area contributed by atoms with Gasteiger partial charge in [0.25, 0.3) is 23.6 Å². The Hall–Kier alpha value is -6.02. The second kappa shape index (κ2) is 12.7. The molecule has 0 bridgehead atoms. The summed E-state index contributed by atoms with van der Waals surface area (Å²) in [6, 6.07) is 33.1. The summed E-state index contributed by atoms with van der Waals surface area (Å²) >= 11 is 0. The van der Waals surface area contributed by atoms with E-state index in [0.29, 0.717) is 50.9 Å². The first-order chi connectivity index (χ1) is 24.4. The van der Waals surface area contributed by atoms with Gasteiger partial charge in [0.2, 0.25) is 0 Å². The van der Waals surface area contributed by atoms with Crippen molar-refractivity contribution >= 4 is 29.3 Å². The number of hydrogen-bond acceptors (Lipinski definition) is 6. The van der Waals surface area contributed by atoms with Crippen LogP contribution in [0.3, 0.4) is 0 Å². The molecule has 2 heterocycles. The number of rotatable bonds is 10. The summed E-state index contributed by atoms with van der Waals surface area (Å²) in [4.78, 5) is 51.9. The Morgan fingerprint density at radius 3 is 1.47 bits per heavy atom. The minimum absolute atomic E-state index is 0.0415. The zero-order valence-electron chi connectivity index (χ0n) is 29.2. The van der Waals surface area contributed by atoms with Gasteiger partial charge < -0.3 is 9.47 Å². The normalized spacial score (nSPS) is 14.0. The zero-order valence-corrected chi connectivity index (χ0v) is 29.2. The molecule has 0 unspecified atom stereocenters. The summed E-state index contributed by atoms with van der Waals surface area (Å²) in [5.74, 6) is 0.592. The van der Waals surface area contributed by atoms with Crippen molar-refractivity contribution in [1.29, 1.82) is 0 Å². The minimum Gasteiger partial charge on any atom is -0.457 e. The molecule has 0 atom stereocenters. The van der Waals surface area contributed by atoms with E-state index in [0.717, 1.165) is 24.0 Å². The summed E-state index contributed by atoms with van der Waals surface area (Å²) in [6.07, 6.45) is 1.99. The van der Waals surface area contributed by atoms with Crippen molar-refractivity contribution in [2.75, 3.05) is 4.90 Å². The topological polar surface area (TPSA) is 102 Å². The van der Waals surface area contributed by atoms with Crippen LogP contribution in [-0.4, -0.2) is 23.6 Å². The van der Waals surface area contributed by atoms with Crippen molar-refractivity contribution in [3.63, 3.8) is 0 Å². The molecule has 2 aliphatic heterocycles. The number of benzene rings is 5. The summed E-state index contributed by atoms with van der Waals surface area (Å²) in [5, 5.41) is 2.29. The Labute approximate surface area is 297 Å². The fourth-order valence-corrected chi connectivity index (χ4v) is 6.72. The number of nitrogens with zero attached hydrogens (tertiary/aromatic N) is 1. The molecule has 1 N–H and O–H groups in total. The second-order valence-corrected chi connectivity index (χ2v) is 13.8. The van der Waals surface area contributed by atoms with Crippen LogP contribution in [0.2, 0.25) is 0 Å². The van der Waals surface area contributed by atoms with Gasteiger partial charge in [-0.25, -0.2) is 4.90 Å². The van der Waals surface area contributed by atoms with Gasteiger partial charge in [-0.3, -0.25) is 24.5 Å². The molecule has 0 radical (unpaired) electrons. The first kappa shape index (κ1) is 33.5. The highest BCUT2D eigenvalue weighted by atomic mass is 16.5. The average Bonchev–Trinajstić information content (AvgIpc) is 3.57. The molecule has 0 aliphatic carbocycles. The number of carbonyl (C=O) groups is 4. The quantitative estimate of drug-likeness (QED) is 0.148. The third kappa shape index (κ3) is 5.97. The van der Waals surface area contributed by atoms with Crippen molar-refractivity contribution < 1.29 is 28.7 Å². The molecular weight excluding hydrogens is 640 g/mol. The van der Waals surface area contributed by atoms with Gasteiger partial charge >= 0.3 is 0 Å². The van der Waals surface area contributed by atoms with E-state index in [-0.39, 0.29) is 22.6 Å². The Morgan fingerprint density at radius 1 is 0.510 bits per heavy atom. The lowest BCUT2D eigenvalue weighted by Gasteiger charge is -2.28. The number of nitrogens with one attached hydrogen (secondary N) is 1. The molecule has 5 aromatic rings. The Kier molecular flexibility index (Phi) is 8.34. The summed E-state index contributed by atoms with van der Waals surface area (Å²) in [7, 11) is 0. The molecule has 8 heteroatoms. The van der Waals surface area contributed by atoms with E-state index >= 15 is 0 Å². The highest BCUT2D eigenvalue weighted by Crippen LogP contribution is 2.38. The molecule has 0 aromatic heterocycles. The third-order valence-electron chi connectivity index (χ3n) is 10.6. The highest BCUT2D eigenvalue weighted by molar-refractivity contribution is 6.34. The number of fused-ring (bicyclic) bond motifs is 2. The number of ether oxygens (including phenoxy) is 2. The SMILES string of the molecule is CCC(C)(CC)c1ccc(N2C(=O)c3ccc(Oc4ccc(C(C)(C)c5ccc(Oc6ccc7c(c6)C(=O)NC7=O)cc5)cc4)cc3C2=O)cc1. The Morgan fingerprint density at radius 2 is 0.941 bits per heavy atom. The van der Waals surface area contributed by atoms with Crippen LogP contribution in [0.4, 0.5) is 5.69 Å². The maximum Gasteiger partial charge on any atom is 0.266 e. The number of carbonyl (C=O) groups excluding carboxylic acids is 4. The van der Waals surface area contributed by atoms with E-state index in [2.05, 4.69) is 39.9 Å². The second-order valence-electron chi connectivity index (χ2n) is 13.8. The van der Waals surface area contributed by atoms with Crippen LogP contribution < -0.4 is 19.7 Å². The standard InChI is InChI=1S/C43H38N2O6/c1-6-43(5,7-2)28-8-14-29(15-9-28)45-40(48)35-23-21-33(25-37(35)41(45)49)51-31-18-12-27(13-19-31)42(3,4)26-10-16-30(17-11-26)50-32-20-22-34-36(24-32)39(47)44-38(34)46/h8-25H,6-7H2,1-5H3,(H,44,46,47). The number of imide groups is 2. The van der Waals surface area contributed by atoms with E-state index in [4.69, 9.17) is 9.47 Å². The van der Waals surface area contributed by atoms with Crippen molar-refractivity contribution in [2.24, 2.45) is 0 Å². The van der Waals surface area contributed by atoms with Gasteiger partial charge in [-0.15, -0.1) is 0 Å². The molecular formula is C43H38N2O6. The van der Waals surface area contributed by atoms with E-state index in [1.165, 1.54) is 10.5 Å². The van der Waals surface area contributed by atoms with Crippen LogP contribution in [0, 0.1) is 0 Å². The molecule has 4 amide bonds. The van der Waals surface area contributed by atoms with Crippen LogP contribution in [0.15, 0.2) is 109 Å². The fraction of sp³-hybridized carbons (Fsp3) is 0.209. The molecule has 0 saturated carbocycles. The van der Waals surface area contributed by atoms with Gasteiger partial charge in [-0.2, -0.15) is 0 Å². The van der Waals surface area contributed by atoms with E-state index in [9.17, 15) is 19.2 Å². The third-order valence-corrected chi connectivity index (χ3v) is 10.6.